The first-order valence-electron chi connectivity index (χ1n) is 6.79. The Labute approximate surface area is 125 Å². The number of hydrogen-bond acceptors (Lipinski definition) is 3. The van der Waals surface area contributed by atoms with Gasteiger partial charge in [0.15, 0.2) is 0 Å². The molecule has 0 heterocycles. The van der Waals surface area contributed by atoms with Crippen LogP contribution in [-0.2, 0) is 0 Å². The summed E-state index contributed by atoms with van der Waals surface area (Å²) < 4.78 is 0. The monoisotopic (exact) mass is 275 g/mol. The Morgan fingerprint density at radius 3 is 2.29 bits per heavy atom. The van der Waals surface area contributed by atoms with Gasteiger partial charge in [0.1, 0.15) is 5.92 Å². The van der Waals surface area contributed by atoms with Gasteiger partial charge in [-0.25, -0.2) is 0 Å². The first-order chi connectivity index (χ1) is 10.2. The molecule has 2 rings (SSSR count). The molecule has 0 aromatic heterocycles. The highest BCUT2D eigenvalue weighted by Crippen LogP contribution is 2.24. The number of rotatable bonds is 3. The van der Waals surface area contributed by atoms with Crippen LogP contribution in [0.1, 0.15) is 5.56 Å². The number of nitriles is 2. The number of allylic oxidation sites excluding steroid dienone is 6. The van der Waals surface area contributed by atoms with Gasteiger partial charge in [-0.15, -0.1) is 0 Å². The highest BCUT2D eigenvalue weighted by atomic mass is 15.1. The van der Waals surface area contributed by atoms with Crippen molar-refractivity contribution in [3.05, 3.63) is 60.2 Å². The molecular weight excluding hydrogens is 258 g/mol. The standard InChI is InChI=1S/C18H17N3/c1-21(2)18-10-8-16(9-11-18)14-4-3-5-15(7-6-14)17(12-19)13-20/h3-11,15,17H,1-2H3. The highest BCUT2D eigenvalue weighted by Gasteiger charge is 2.16. The fraction of sp³-hybridized carbons (Fsp3) is 0.222. The van der Waals surface area contributed by atoms with Gasteiger partial charge in [0.05, 0.1) is 12.1 Å². The van der Waals surface area contributed by atoms with E-state index in [0.717, 1.165) is 16.8 Å². The molecule has 0 radical (unpaired) electrons. The second-order valence-electron chi connectivity index (χ2n) is 5.12. The number of benzene rings is 1. The first kappa shape index (κ1) is 14.6. The predicted molar refractivity (Wildman–Crippen MR) is 85.2 cm³/mol. The Kier molecular flexibility index (Phi) is 4.59. The van der Waals surface area contributed by atoms with Crippen molar-refractivity contribution >= 4 is 11.3 Å². The summed E-state index contributed by atoms with van der Waals surface area (Å²) in [6.07, 6.45) is 9.73. The average molecular weight is 275 g/mol. The molecule has 1 aliphatic rings. The molecule has 3 nitrogen and oxygen atoms in total. The minimum atomic E-state index is -0.638. The SMILES string of the molecule is CN(C)c1ccc(C2=CC=CC(C(C#N)C#N)C=C2)cc1. The highest BCUT2D eigenvalue weighted by molar-refractivity contribution is 5.76. The van der Waals surface area contributed by atoms with E-state index in [1.807, 2.05) is 56.6 Å². The molecule has 1 aliphatic carbocycles. The van der Waals surface area contributed by atoms with Crippen LogP contribution in [0.15, 0.2) is 54.6 Å². The maximum absolute atomic E-state index is 8.97. The molecule has 21 heavy (non-hydrogen) atoms. The van der Waals surface area contributed by atoms with Crippen LogP contribution >= 0.6 is 0 Å². The third-order valence-electron chi connectivity index (χ3n) is 3.49. The maximum Gasteiger partial charge on any atom is 0.143 e. The van der Waals surface area contributed by atoms with Gasteiger partial charge in [0.25, 0.3) is 0 Å². The van der Waals surface area contributed by atoms with Crippen LogP contribution in [0.3, 0.4) is 0 Å². The van der Waals surface area contributed by atoms with E-state index < -0.39 is 5.92 Å². The zero-order chi connectivity index (χ0) is 15.2. The molecule has 1 atom stereocenters. The largest absolute Gasteiger partial charge is 0.378 e. The van der Waals surface area contributed by atoms with Gasteiger partial charge >= 0.3 is 0 Å². The Bertz CT molecular complexity index is 650. The molecule has 1 aromatic carbocycles. The van der Waals surface area contributed by atoms with E-state index >= 15 is 0 Å². The number of anilines is 1. The molecule has 0 amide bonds. The molecule has 104 valence electrons. The minimum Gasteiger partial charge on any atom is -0.378 e. The Morgan fingerprint density at radius 2 is 1.71 bits per heavy atom. The third-order valence-corrected chi connectivity index (χ3v) is 3.49. The smallest absolute Gasteiger partial charge is 0.143 e. The number of nitrogens with zero attached hydrogens (tertiary/aromatic N) is 3. The van der Waals surface area contributed by atoms with Gasteiger partial charge in [0.2, 0.25) is 0 Å². The van der Waals surface area contributed by atoms with Crippen molar-refractivity contribution in [1.29, 1.82) is 10.5 Å². The van der Waals surface area contributed by atoms with Crippen LogP contribution in [0, 0.1) is 34.5 Å². The second-order valence-corrected chi connectivity index (χ2v) is 5.12. The zero-order valence-electron chi connectivity index (χ0n) is 12.2. The van der Waals surface area contributed by atoms with E-state index in [0.29, 0.717) is 0 Å². The molecule has 0 fully saturated rings. The van der Waals surface area contributed by atoms with Crippen LogP contribution in [0.25, 0.3) is 5.57 Å². The quantitative estimate of drug-likeness (QED) is 0.847. The molecule has 0 aliphatic heterocycles. The summed E-state index contributed by atoms with van der Waals surface area (Å²) in [5, 5.41) is 17.9. The fourth-order valence-electron chi connectivity index (χ4n) is 2.19. The molecule has 0 bridgehead atoms. The van der Waals surface area contributed by atoms with Crippen molar-refractivity contribution in [2.45, 2.75) is 0 Å². The predicted octanol–water partition coefficient (Wildman–Crippen LogP) is 3.54. The molecule has 0 saturated heterocycles. The second kappa shape index (κ2) is 6.59. The van der Waals surface area contributed by atoms with Gasteiger partial charge in [0, 0.05) is 25.7 Å². The lowest BCUT2D eigenvalue weighted by Crippen LogP contribution is -2.08. The van der Waals surface area contributed by atoms with E-state index in [-0.39, 0.29) is 5.92 Å². The fourth-order valence-corrected chi connectivity index (χ4v) is 2.19. The maximum atomic E-state index is 8.97. The summed E-state index contributed by atoms with van der Waals surface area (Å²) in [6, 6.07) is 12.4. The summed E-state index contributed by atoms with van der Waals surface area (Å²) in [7, 11) is 4.02. The first-order valence-corrected chi connectivity index (χ1v) is 6.79. The van der Waals surface area contributed by atoms with Crippen molar-refractivity contribution < 1.29 is 0 Å². The lowest BCUT2D eigenvalue weighted by atomic mass is 9.94. The van der Waals surface area contributed by atoms with Crippen LogP contribution in [-0.4, -0.2) is 14.1 Å². The van der Waals surface area contributed by atoms with Crippen LogP contribution < -0.4 is 4.90 Å². The molecule has 0 saturated carbocycles. The summed E-state index contributed by atoms with van der Waals surface area (Å²) in [5.41, 5.74) is 3.35. The van der Waals surface area contributed by atoms with Gasteiger partial charge in [-0.05, 0) is 23.3 Å². The molecule has 3 heteroatoms. The summed E-state index contributed by atoms with van der Waals surface area (Å²) in [5.74, 6) is -0.795. The molecule has 0 spiro atoms. The van der Waals surface area contributed by atoms with Crippen LogP contribution in [0.4, 0.5) is 5.69 Å². The van der Waals surface area contributed by atoms with E-state index in [4.69, 9.17) is 10.5 Å². The van der Waals surface area contributed by atoms with Crippen molar-refractivity contribution in [3.8, 4) is 12.1 Å². The normalized spacial score (nSPS) is 16.8. The Morgan fingerprint density at radius 1 is 1.05 bits per heavy atom. The Balaban J connectivity index is 2.22. The van der Waals surface area contributed by atoms with Gasteiger partial charge in [-0.2, -0.15) is 10.5 Å². The lowest BCUT2D eigenvalue weighted by Gasteiger charge is -2.13. The third kappa shape index (κ3) is 3.41. The van der Waals surface area contributed by atoms with E-state index in [1.165, 1.54) is 0 Å². The Hall–Kier alpha value is -2.78. The van der Waals surface area contributed by atoms with Crippen molar-refractivity contribution in [3.63, 3.8) is 0 Å². The minimum absolute atomic E-state index is 0.158. The molecular formula is C18H17N3. The average Bonchev–Trinajstić information content (AvgIpc) is 2.75. The van der Waals surface area contributed by atoms with Gasteiger partial charge in [-0.3, -0.25) is 0 Å². The number of hydrogen-bond donors (Lipinski definition) is 0. The van der Waals surface area contributed by atoms with Crippen LogP contribution in [0.2, 0.25) is 0 Å². The zero-order valence-corrected chi connectivity index (χ0v) is 12.2. The van der Waals surface area contributed by atoms with Gasteiger partial charge < -0.3 is 4.90 Å². The van der Waals surface area contributed by atoms with E-state index in [1.54, 1.807) is 0 Å². The molecule has 1 aromatic rings. The van der Waals surface area contributed by atoms with Crippen molar-refractivity contribution in [2.24, 2.45) is 11.8 Å². The van der Waals surface area contributed by atoms with Crippen molar-refractivity contribution in [1.82, 2.24) is 0 Å². The lowest BCUT2D eigenvalue weighted by molar-refractivity contribution is 0.702. The van der Waals surface area contributed by atoms with E-state index in [9.17, 15) is 0 Å². The van der Waals surface area contributed by atoms with Gasteiger partial charge in [-0.1, -0.05) is 42.5 Å². The summed E-state index contributed by atoms with van der Waals surface area (Å²) in [6.45, 7) is 0. The van der Waals surface area contributed by atoms with Crippen LogP contribution in [0.5, 0.6) is 0 Å². The molecule has 0 N–H and O–H groups in total. The van der Waals surface area contributed by atoms with Crippen molar-refractivity contribution in [2.75, 3.05) is 19.0 Å². The summed E-state index contributed by atoms with van der Waals surface area (Å²) in [4.78, 5) is 2.06. The molecule has 1 unspecified atom stereocenters. The summed E-state index contributed by atoms with van der Waals surface area (Å²) >= 11 is 0. The van der Waals surface area contributed by atoms with E-state index in [2.05, 4.69) is 29.2 Å². The topological polar surface area (TPSA) is 50.8 Å².